The van der Waals surface area contributed by atoms with E-state index in [1.165, 1.54) is 76.4 Å². The molecule has 7 aliphatic rings. The summed E-state index contributed by atoms with van der Waals surface area (Å²) in [6.45, 7) is 26.3. The van der Waals surface area contributed by atoms with Crippen LogP contribution in [-0.2, 0) is 0 Å². The molecule has 0 spiro atoms. The summed E-state index contributed by atoms with van der Waals surface area (Å²) >= 11 is 0. The molecule has 84 heavy (non-hydrogen) atoms. The van der Waals surface area contributed by atoms with E-state index in [2.05, 4.69) is 148 Å². The van der Waals surface area contributed by atoms with E-state index in [4.69, 9.17) is 63.7 Å². The Morgan fingerprint density at radius 2 is 0.774 bits per heavy atom. The van der Waals surface area contributed by atoms with Crippen molar-refractivity contribution in [3.8, 4) is 98.1 Å². The number of terminal acetylenes is 5. The van der Waals surface area contributed by atoms with Crippen molar-refractivity contribution < 1.29 is 0 Å². The monoisotopic (exact) mass is 1140 g/mol. The fourth-order valence-corrected chi connectivity index (χ4v) is 13.3. The minimum atomic E-state index is -0.0366. The fourth-order valence-electron chi connectivity index (χ4n) is 13.3. The van der Waals surface area contributed by atoms with Crippen LogP contribution < -0.4 is 0 Å². The van der Waals surface area contributed by atoms with Crippen molar-refractivity contribution in [3.05, 3.63) is 35.9 Å². The predicted octanol–water partition coefficient (Wildman–Crippen LogP) is 5.23. The molecular weight excluding hydrogens is 1040 g/mol. The van der Waals surface area contributed by atoms with Crippen LogP contribution in [0.15, 0.2) is 30.3 Å². The SMILES string of the molecule is C#CCN1CC(C#N)CN(CC#N)C1.C#CCN1CC(C(CC)CC)CN(CC#N)C1.C#CCN1CC(C2CCCCC2)CN(CC#N)C1.C#CCN1CC(N2CCCC2)CN(CC#N)C1.C#CCN1CC(c2ccccc2)CN(CC#N)C1. The normalized spacial score (nSPS) is 24.5. The zero-order chi connectivity index (χ0) is 60.7. The Balaban J connectivity index is 0.000000226. The smallest absolute Gasteiger partial charge is 0.0876 e. The zero-order valence-electron chi connectivity index (χ0n) is 50.9. The van der Waals surface area contributed by atoms with E-state index in [0.717, 1.165) is 90.9 Å². The molecule has 6 heterocycles. The highest BCUT2D eigenvalue weighted by molar-refractivity contribution is 5.21. The van der Waals surface area contributed by atoms with E-state index in [1.54, 1.807) is 0 Å². The molecule has 0 N–H and O–H groups in total. The summed E-state index contributed by atoms with van der Waals surface area (Å²) in [7, 11) is 0. The van der Waals surface area contributed by atoms with Gasteiger partial charge in [-0.1, -0.05) is 119 Å². The molecule has 0 aromatic heterocycles. The summed E-state index contributed by atoms with van der Waals surface area (Å²) in [6, 6.07) is 24.3. The summed E-state index contributed by atoms with van der Waals surface area (Å²) in [5.41, 5.74) is 1.32. The molecule has 7 fully saturated rings. The molecule has 8 rings (SSSR count). The van der Waals surface area contributed by atoms with E-state index >= 15 is 0 Å². The highest BCUT2D eigenvalue weighted by Gasteiger charge is 2.34. The lowest BCUT2D eigenvalue weighted by Gasteiger charge is -2.42. The maximum absolute atomic E-state index is 8.88. The minimum Gasteiger partial charge on any atom is -0.298 e. The van der Waals surface area contributed by atoms with Crippen LogP contribution >= 0.6 is 0 Å². The summed E-state index contributed by atoms with van der Waals surface area (Å²) in [4.78, 5) is 24.4. The minimum absolute atomic E-state index is 0.0366. The van der Waals surface area contributed by atoms with Crippen molar-refractivity contribution in [2.24, 2.45) is 29.6 Å². The van der Waals surface area contributed by atoms with Crippen LogP contribution in [0.4, 0.5) is 0 Å². The van der Waals surface area contributed by atoms with Crippen LogP contribution in [0.2, 0.25) is 0 Å². The molecule has 1 aromatic rings. The maximum atomic E-state index is 8.88. The van der Waals surface area contributed by atoms with Gasteiger partial charge in [0.2, 0.25) is 0 Å². The molecule has 0 bridgehead atoms. The number of nitriles is 6. The van der Waals surface area contributed by atoms with Crippen LogP contribution in [0.25, 0.3) is 0 Å². The first-order valence-electron chi connectivity index (χ1n) is 30.5. The van der Waals surface area contributed by atoms with E-state index in [1.807, 2.05) is 15.9 Å². The van der Waals surface area contributed by atoms with Gasteiger partial charge in [0.15, 0.2) is 0 Å². The number of hydrogen-bond acceptors (Lipinski definition) is 17. The van der Waals surface area contributed by atoms with Gasteiger partial charge >= 0.3 is 0 Å². The molecule has 6 aliphatic heterocycles. The molecule has 5 atom stereocenters. The third-order valence-electron chi connectivity index (χ3n) is 17.0. The number of hydrogen-bond donors (Lipinski definition) is 0. The molecule has 1 saturated carbocycles. The van der Waals surface area contributed by atoms with E-state index in [-0.39, 0.29) is 5.92 Å². The molecule has 17 nitrogen and oxygen atoms in total. The van der Waals surface area contributed by atoms with Crippen molar-refractivity contribution in [1.82, 2.24) is 53.9 Å². The fraction of sp³-hybridized carbons (Fsp3) is 0.672. The molecule has 1 aliphatic carbocycles. The molecule has 1 aromatic carbocycles. The summed E-state index contributed by atoms with van der Waals surface area (Å²) in [5, 5.41) is 52.8. The second kappa shape index (κ2) is 41.5. The standard InChI is InChI=1S/C15H23N3.C15H17N3.C14H23N3.C13H20N4.C10H12N4/c2*1-2-9-17-11-15(12-18(13-17)10-8-16)14-6-4-3-5-7-14;1-4-8-16-10-14(13(5-2)6-3)11-17(12-16)9-7-15;1-2-6-15-10-13(17-7-3-4-8-17)11-16(12-15)9-5-14;1-2-4-13-7-10(6-12)8-14(9-13)5-3-11/h1,14-15H,3-7,9-13H2;1,3-7,15H,9-13H2;1,13-14H,5-6,8-12H2,2-3H3;1,13H,3-4,6-12H2;1,10H,4-5,7-9H2. The van der Waals surface area contributed by atoms with E-state index in [0.29, 0.717) is 109 Å². The van der Waals surface area contributed by atoms with Crippen LogP contribution in [0.3, 0.4) is 0 Å². The van der Waals surface area contributed by atoms with Gasteiger partial charge in [0.05, 0.1) is 141 Å². The first kappa shape index (κ1) is 70.0. The first-order valence-corrected chi connectivity index (χ1v) is 30.5. The molecule has 0 radical (unpaired) electrons. The number of likely N-dealkylation sites (tertiary alicyclic amines) is 1. The molecule has 448 valence electrons. The van der Waals surface area contributed by atoms with Gasteiger partial charge in [-0.2, -0.15) is 31.6 Å². The maximum Gasteiger partial charge on any atom is 0.0876 e. The van der Waals surface area contributed by atoms with Crippen molar-refractivity contribution in [1.29, 1.82) is 31.6 Å². The van der Waals surface area contributed by atoms with Gasteiger partial charge in [0, 0.05) is 77.4 Å². The third kappa shape index (κ3) is 25.4. The number of nitrogens with zero attached hydrogens (tertiary/aromatic N) is 17. The molecule has 5 unspecified atom stereocenters. The van der Waals surface area contributed by atoms with Crippen molar-refractivity contribution in [3.63, 3.8) is 0 Å². The lowest BCUT2D eigenvalue weighted by molar-refractivity contribution is 0.0338. The Bertz CT molecular complexity index is 2340. The quantitative estimate of drug-likeness (QED) is 0.155. The Morgan fingerprint density at radius 3 is 1.19 bits per heavy atom. The Hall–Kier alpha value is -6.48. The van der Waals surface area contributed by atoms with E-state index < -0.39 is 0 Å². The summed E-state index contributed by atoms with van der Waals surface area (Å²) in [6.07, 6.45) is 38.8. The number of benzene rings is 1. The molecule has 0 amide bonds. The topological polar surface area (TPSA) is 178 Å². The second-order valence-corrected chi connectivity index (χ2v) is 23.5. The lowest BCUT2D eigenvalue weighted by Crippen LogP contribution is -2.57. The molecular formula is C67H95N17. The number of rotatable bonds is 16. The first-order chi connectivity index (χ1) is 41.0. The third-order valence-corrected chi connectivity index (χ3v) is 17.0. The molecule has 6 saturated heterocycles. The predicted molar refractivity (Wildman–Crippen MR) is 333 cm³/mol. The van der Waals surface area contributed by atoms with Gasteiger partial charge in [0.1, 0.15) is 0 Å². The molecule has 17 heteroatoms. The largest absolute Gasteiger partial charge is 0.298 e. The van der Waals surface area contributed by atoms with Crippen molar-refractivity contribution in [2.75, 3.05) is 177 Å². The lowest BCUT2D eigenvalue weighted by atomic mass is 9.79. The highest BCUT2D eigenvalue weighted by Crippen LogP contribution is 2.33. The van der Waals surface area contributed by atoms with Crippen LogP contribution in [-0.4, -0.2) is 237 Å². The van der Waals surface area contributed by atoms with Gasteiger partial charge in [-0.25, -0.2) is 0 Å². The highest BCUT2D eigenvalue weighted by atomic mass is 15.4. The Labute approximate surface area is 507 Å². The summed E-state index contributed by atoms with van der Waals surface area (Å²) in [5.74, 6) is 16.8. The Kier molecular flexibility index (Phi) is 34.6. The van der Waals surface area contributed by atoms with Crippen molar-refractivity contribution >= 4 is 0 Å². The average molecular weight is 1140 g/mol. The van der Waals surface area contributed by atoms with E-state index in [9.17, 15) is 0 Å². The second-order valence-electron chi connectivity index (χ2n) is 23.5. The van der Waals surface area contributed by atoms with Gasteiger partial charge in [0.25, 0.3) is 0 Å². The van der Waals surface area contributed by atoms with Gasteiger partial charge < -0.3 is 0 Å². The zero-order valence-corrected chi connectivity index (χ0v) is 50.9. The summed E-state index contributed by atoms with van der Waals surface area (Å²) < 4.78 is 0. The van der Waals surface area contributed by atoms with Crippen LogP contribution in [0.5, 0.6) is 0 Å². The van der Waals surface area contributed by atoms with Crippen LogP contribution in [0.1, 0.15) is 83.1 Å². The van der Waals surface area contributed by atoms with Crippen LogP contribution in [0, 0.1) is 159 Å². The van der Waals surface area contributed by atoms with Crippen molar-refractivity contribution in [2.45, 2.75) is 83.6 Å². The van der Waals surface area contributed by atoms with Gasteiger partial charge in [-0.3, -0.25) is 53.9 Å². The van der Waals surface area contributed by atoms with Gasteiger partial charge in [-0.15, -0.1) is 32.1 Å². The Morgan fingerprint density at radius 1 is 0.417 bits per heavy atom. The van der Waals surface area contributed by atoms with Gasteiger partial charge in [-0.05, 0) is 55.2 Å². The average Bonchev–Trinajstić information content (AvgIpc) is 4.21.